The lowest BCUT2D eigenvalue weighted by Crippen LogP contribution is -2.33. The topological polar surface area (TPSA) is 59.1 Å². The highest BCUT2D eigenvalue weighted by Crippen LogP contribution is 2.21. The van der Waals surface area contributed by atoms with Crippen molar-refractivity contribution in [1.82, 2.24) is 9.80 Å². The van der Waals surface area contributed by atoms with Crippen molar-refractivity contribution in [2.75, 3.05) is 53.5 Å². The fourth-order valence-electron chi connectivity index (χ4n) is 7.11. The maximum atomic E-state index is 13.0. The van der Waals surface area contributed by atoms with E-state index in [1.54, 1.807) is 0 Å². The van der Waals surface area contributed by atoms with Crippen LogP contribution in [-0.2, 0) is 19.1 Å². The van der Waals surface area contributed by atoms with Gasteiger partial charge in [0.05, 0.1) is 19.1 Å². The van der Waals surface area contributed by atoms with Gasteiger partial charge in [-0.15, -0.1) is 0 Å². The van der Waals surface area contributed by atoms with Crippen LogP contribution in [0.4, 0.5) is 0 Å². The fourth-order valence-corrected chi connectivity index (χ4v) is 7.11. The lowest BCUT2D eigenvalue weighted by Gasteiger charge is -2.24. The Kier molecular flexibility index (Phi) is 40.1. The summed E-state index contributed by atoms with van der Waals surface area (Å²) in [4.78, 5) is 30.0. The van der Waals surface area contributed by atoms with Crippen molar-refractivity contribution in [2.45, 2.75) is 226 Å². The first-order valence-electron chi connectivity index (χ1n) is 23.1. The van der Waals surface area contributed by atoms with Gasteiger partial charge in [0, 0.05) is 19.5 Å². The number of ether oxygens (including phenoxy) is 2. The third-order valence-electron chi connectivity index (χ3n) is 10.7. The molecule has 0 heterocycles. The zero-order valence-electron chi connectivity index (χ0n) is 36.0. The van der Waals surface area contributed by atoms with E-state index in [1.807, 2.05) is 0 Å². The molecule has 310 valence electrons. The van der Waals surface area contributed by atoms with Gasteiger partial charge in [-0.25, -0.2) is 0 Å². The second-order valence-corrected chi connectivity index (χ2v) is 16.2. The number of hydrogen-bond donors (Lipinski definition) is 0. The Labute approximate surface area is 325 Å². The van der Waals surface area contributed by atoms with Crippen LogP contribution in [-0.4, -0.2) is 75.2 Å². The van der Waals surface area contributed by atoms with Crippen LogP contribution in [0, 0.1) is 5.92 Å². The molecule has 0 aliphatic carbocycles. The van der Waals surface area contributed by atoms with Gasteiger partial charge in [-0.2, -0.15) is 0 Å². The molecule has 0 amide bonds. The van der Waals surface area contributed by atoms with E-state index in [0.29, 0.717) is 19.6 Å². The molecule has 0 atom stereocenters. The zero-order chi connectivity index (χ0) is 38.2. The Morgan fingerprint density at radius 1 is 0.423 bits per heavy atom. The molecular formula is C46H92N2O4. The molecule has 0 bridgehead atoms. The van der Waals surface area contributed by atoms with E-state index in [-0.39, 0.29) is 17.9 Å². The van der Waals surface area contributed by atoms with E-state index in [4.69, 9.17) is 9.47 Å². The molecule has 0 aromatic carbocycles. The Hall–Kier alpha value is -1.14. The smallest absolute Gasteiger partial charge is 0.308 e. The minimum atomic E-state index is -0.00639. The summed E-state index contributed by atoms with van der Waals surface area (Å²) in [6, 6.07) is 0. The Morgan fingerprint density at radius 3 is 1.27 bits per heavy atom. The van der Waals surface area contributed by atoms with E-state index < -0.39 is 0 Å². The summed E-state index contributed by atoms with van der Waals surface area (Å²) in [6.07, 6.45) is 38.3. The van der Waals surface area contributed by atoms with Gasteiger partial charge in [0.15, 0.2) is 0 Å². The Morgan fingerprint density at radius 2 is 0.808 bits per heavy atom. The molecular weight excluding hydrogens is 645 g/mol. The van der Waals surface area contributed by atoms with Crippen LogP contribution in [0.2, 0.25) is 0 Å². The highest BCUT2D eigenvalue weighted by molar-refractivity contribution is 5.72. The van der Waals surface area contributed by atoms with Crippen LogP contribution < -0.4 is 0 Å². The van der Waals surface area contributed by atoms with Gasteiger partial charge >= 0.3 is 11.9 Å². The third kappa shape index (κ3) is 37.2. The molecule has 0 saturated heterocycles. The number of carbonyl (C=O) groups is 2. The summed E-state index contributed by atoms with van der Waals surface area (Å²) in [5, 5.41) is 0. The van der Waals surface area contributed by atoms with E-state index in [0.717, 1.165) is 58.0 Å². The largest absolute Gasteiger partial charge is 0.466 e. The number of carbonyl (C=O) groups excluding carboxylic acids is 2. The molecule has 0 spiro atoms. The molecule has 0 unspecified atom stereocenters. The normalized spacial score (nSPS) is 11.7. The van der Waals surface area contributed by atoms with Crippen LogP contribution in [0.1, 0.15) is 226 Å². The second kappa shape index (κ2) is 41.0. The number of nitrogens with zero attached hydrogens (tertiary/aromatic N) is 2. The lowest BCUT2D eigenvalue weighted by molar-refractivity contribution is -0.149. The average molecular weight is 737 g/mol. The molecule has 0 N–H and O–H groups in total. The van der Waals surface area contributed by atoms with E-state index in [9.17, 15) is 9.59 Å². The summed E-state index contributed by atoms with van der Waals surface area (Å²) in [5.74, 6) is 0.182. The molecule has 0 aliphatic rings. The quantitative estimate of drug-likeness (QED) is 0.0459. The third-order valence-corrected chi connectivity index (χ3v) is 10.7. The van der Waals surface area contributed by atoms with Gasteiger partial charge in [0.1, 0.15) is 0 Å². The molecule has 0 rings (SSSR count). The molecule has 0 radical (unpaired) electrons. The van der Waals surface area contributed by atoms with Gasteiger partial charge in [0.2, 0.25) is 0 Å². The van der Waals surface area contributed by atoms with Crippen molar-refractivity contribution in [3.8, 4) is 0 Å². The van der Waals surface area contributed by atoms with Gasteiger partial charge in [-0.05, 0) is 72.1 Å². The SMILES string of the molecule is CCCCCCCCCOC(=O)CCCCCCCN(CCCCCCCOC(=O)C(CCCCCCCC)CCCCCCCC)CCN(C)C. The highest BCUT2D eigenvalue weighted by atomic mass is 16.5. The van der Waals surface area contributed by atoms with Crippen LogP contribution in [0.25, 0.3) is 0 Å². The molecule has 0 aromatic heterocycles. The number of likely N-dealkylation sites (N-methyl/N-ethyl adjacent to an activating group) is 1. The minimum absolute atomic E-state index is 0.00639. The number of hydrogen-bond acceptors (Lipinski definition) is 6. The predicted molar refractivity (Wildman–Crippen MR) is 225 cm³/mol. The Bertz CT molecular complexity index is 730. The molecule has 0 aromatic rings. The second-order valence-electron chi connectivity index (χ2n) is 16.2. The van der Waals surface area contributed by atoms with Gasteiger partial charge in [-0.3, -0.25) is 9.59 Å². The molecule has 0 aliphatic heterocycles. The molecule has 6 heteroatoms. The summed E-state index contributed by atoms with van der Waals surface area (Å²) in [6.45, 7) is 12.6. The van der Waals surface area contributed by atoms with Crippen LogP contribution in [0.15, 0.2) is 0 Å². The van der Waals surface area contributed by atoms with E-state index in [1.165, 1.54) is 167 Å². The summed E-state index contributed by atoms with van der Waals surface area (Å²) in [5.41, 5.74) is 0. The van der Waals surface area contributed by atoms with E-state index in [2.05, 4.69) is 44.7 Å². The van der Waals surface area contributed by atoms with Crippen molar-refractivity contribution < 1.29 is 19.1 Å². The van der Waals surface area contributed by atoms with Crippen LogP contribution in [0.3, 0.4) is 0 Å². The summed E-state index contributed by atoms with van der Waals surface area (Å²) < 4.78 is 11.3. The number of rotatable bonds is 42. The standard InChI is InChI=1S/C46H92N2O4/c1-6-9-12-15-18-26-33-42-51-45(49)37-30-23-19-24-31-38-48(41-40-47(4)5)39-32-25-20-27-34-43-52-46(50)44(35-28-21-16-13-10-7-2)36-29-22-17-14-11-8-3/h44H,6-43H2,1-5H3. The highest BCUT2D eigenvalue weighted by Gasteiger charge is 2.19. The number of esters is 2. The van der Waals surface area contributed by atoms with Crippen LogP contribution in [0.5, 0.6) is 0 Å². The minimum Gasteiger partial charge on any atom is -0.466 e. The fraction of sp³-hybridized carbons (Fsp3) is 0.957. The maximum Gasteiger partial charge on any atom is 0.308 e. The lowest BCUT2D eigenvalue weighted by atomic mass is 9.94. The van der Waals surface area contributed by atoms with Crippen LogP contribution >= 0.6 is 0 Å². The average Bonchev–Trinajstić information content (AvgIpc) is 3.13. The first kappa shape index (κ1) is 50.9. The van der Waals surface area contributed by atoms with Crippen molar-refractivity contribution in [3.05, 3.63) is 0 Å². The first-order chi connectivity index (χ1) is 25.4. The van der Waals surface area contributed by atoms with Crippen molar-refractivity contribution in [1.29, 1.82) is 0 Å². The Balaban J connectivity index is 4.10. The van der Waals surface area contributed by atoms with Gasteiger partial charge in [0.25, 0.3) is 0 Å². The maximum absolute atomic E-state index is 13.0. The molecule has 0 saturated carbocycles. The molecule has 0 fully saturated rings. The van der Waals surface area contributed by atoms with E-state index >= 15 is 0 Å². The summed E-state index contributed by atoms with van der Waals surface area (Å²) >= 11 is 0. The zero-order valence-corrected chi connectivity index (χ0v) is 36.0. The molecule has 6 nitrogen and oxygen atoms in total. The number of unbranched alkanes of at least 4 members (excludes halogenated alkanes) is 24. The summed E-state index contributed by atoms with van der Waals surface area (Å²) in [7, 11) is 4.33. The molecule has 52 heavy (non-hydrogen) atoms. The first-order valence-corrected chi connectivity index (χ1v) is 23.1. The van der Waals surface area contributed by atoms with Gasteiger partial charge < -0.3 is 19.3 Å². The van der Waals surface area contributed by atoms with Gasteiger partial charge in [-0.1, -0.05) is 175 Å². The van der Waals surface area contributed by atoms with Crippen molar-refractivity contribution in [2.24, 2.45) is 5.92 Å². The van der Waals surface area contributed by atoms with Crippen molar-refractivity contribution >= 4 is 11.9 Å². The monoisotopic (exact) mass is 737 g/mol. The van der Waals surface area contributed by atoms with Crippen molar-refractivity contribution in [3.63, 3.8) is 0 Å². The predicted octanol–water partition coefficient (Wildman–Crippen LogP) is 13.1.